The summed E-state index contributed by atoms with van der Waals surface area (Å²) in [5.74, 6) is 1.02. The van der Waals surface area contributed by atoms with Crippen LogP contribution in [0.5, 0.6) is 0 Å². The summed E-state index contributed by atoms with van der Waals surface area (Å²) >= 11 is 0. The van der Waals surface area contributed by atoms with Crippen LogP contribution in [0.25, 0.3) is 0 Å². The molecule has 0 radical (unpaired) electrons. The normalized spacial score (nSPS) is 10.5. The molecule has 1 rings (SSSR count). The molecule has 0 aliphatic carbocycles. The smallest absolute Gasteiger partial charge is 0.138 e. The Labute approximate surface area is 72.2 Å². The van der Waals surface area contributed by atoms with Gasteiger partial charge in [-0.15, -0.1) is 0 Å². The molecule has 1 heterocycles. The molecule has 1 aromatic heterocycles. The average molecular weight is 169 g/mol. The van der Waals surface area contributed by atoms with Crippen LogP contribution >= 0.6 is 0 Å². The highest BCUT2D eigenvalue weighted by Crippen LogP contribution is 2.00. The fraction of sp³-hybridized carbons (Fsp3) is 0.750. The number of nitrogens with zero attached hydrogens (tertiary/aromatic N) is 3. The lowest BCUT2D eigenvalue weighted by molar-refractivity contribution is 0.284. The van der Waals surface area contributed by atoms with Crippen LogP contribution < -0.4 is 0 Å². The van der Waals surface area contributed by atoms with Crippen molar-refractivity contribution in [2.75, 3.05) is 6.61 Å². The van der Waals surface area contributed by atoms with Gasteiger partial charge in [-0.2, -0.15) is 5.10 Å². The maximum Gasteiger partial charge on any atom is 0.138 e. The average Bonchev–Trinajstić information content (AvgIpc) is 2.52. The third-order valence-corrected chi connectivity index (χ3v) is 1.80. The second kappa shape index (κ2) is 4.87. The van der Waals surface area contributed by atoms with Crippen LogP contribution in [0, 0.1) is 0 Å². The maximum absolute atomic E-state index is 8.58. The lowest BCUT2D eigenvalue weighted by Gasteiger charge is -2.00. The van der Waals surface area contributed by atoms with Gasteiger partial charge in [0, 0.05) is 19.6 Å². The molecule has 68 valence electrons. The van der Waals surface area contributed by atoms with Gasteiger partial charge in [-0.1, -0.05) is 0 Å². The molecule has 0 bridgehead atoms. The largest absolute Gasteiger partial charge is 0.396 e. The lowest BCUT2D eigenvalue weighted by Crippen LogP contribution is -2.03. The number of aliphatic hydroxyl groups is 1. The Bertz CT molecular complexity index is 222. The Hall–Kier alpha value is -0.900. The molecule has 0 amide bonds. The number of hydrogen-bond acceptors (Lipinski definition) is 3. The zero-order valence-corrected chi connectivity index (χ0v) is 7.40. The Balaban J connectivity index is 2.39. The van der Waals surface area contributed by atoms with Crippen molar-refractivity contribution in [1.82, 2.24) is 14.8 Å². The maximum atomic E-state index is 8.58. The summed E-state index contributed by atoms with van der Waals surface area (Å²) in [7, 11) is 0. The van der Waals surface area contributed by atoms with E-state index in [1.807, 2.05) is 11.6 Å². The zero-order valence-electron chi connectivity index (χ0n) is 7.40. The summed E-state index contributed by atoms with van der Waals surface area (Å²) in [6.45, 7) is 3.18. The SMILES string of the molecule is CCn1ncnc1CCCCO. The Kier molecular flexibility index (Phi) is 3.73. The summed E-state index contributed by atoms with van der Waals surface area (Å²) in [5, 5.41) is 12.6. The molecule has 0 saturated carbocycles. The van der Waals surface area contributed by atoms with Crippen molar-refractivity contribution >= 4 is 0 Å². The molecule has 0 saturated heterocycles. The zero-order chi connectivity index (χ0) is 8.81. The van der Waals surface area contributed by atoms with Crippen LogP contribution in [0.4, 0.5) is 0 Å². The molecule has 0 spiro atoms. The van der Waals surface area contributed by atoms with Crippen molar-refractivity contribution in [2.45, 2.75) is 32.7 Å². The standard InChI is InChI=1S/C8H15N3O/c1-2-11-8(9-7-10-11)5-3-4-6-12/h7,12H,2-6H2,1H3. The minimum Gasteiger partial charge on any atom is -0.396 e. The first-order chi connectivity index (χ1) is 5.88. The van der Waals surface area contributed by atoms with Gasteiger partial charge in [0.15, 0.2) is 0 Å². The van der Waals surface area contributed by atoms with E-state index in [0.717, 1.165) is 31.6 Å². The molecule has 0 aromatic carbocycles. The van der Waals surface area contributed by atoms with Gasteiger partial charge in [0.1, 0.15) is 12.2 Å². The molecular weight excluding hydrogens is 154 g/mol. The molecular formula is C8H15N3O. The van der Waals surface area contributed by atoms with Gasteiger partial charge in [-0.25, -0.2) is 4.98 Å². The second-order valence-corrected chi connectivity index (χ2v) is 2.67. The van der Waals surface area contributed by atoms with Crippen molar-refractivity contribution in [3.63, 3.8) is 0 Å². The molecule has 0 fully saturated rings. The van der Waals surface area contributed by atoms with Crippen molar-refractivity contribution in [3.05, 3.63) is 12.2 Å². The monoisotopic (exact) mass is 169 g/mol. The van der Waals surface area contributed by atoms with E-state index in [4.69, 9.17) is 5.11 Å². The molecule has 1 N–H and O–H groups in total. The molecule has 0 aliphatic rings. The topological polar surface area (TPSA) is 50.9 Å². The van der Waals surface area contributed by atoms with E-state index in [1.54, 1.807) is 6.33 Å². The Morgan fingerprint density at radius 3 is 3.00 bits per heavy atom. The highest BCUT2D eigenvalue weighted by molar-refractivity contribution is 4.83. The Morgan fingerprint density at radius 2 is 2.33 bits per heavy atom. The molecule has 12 heavy (non-hydrogen) atoms. The molecule has 4 heteroatoms. The Morgan fingerprint density at radius 1 is 1.50 bits per heavy atom. The molecule has 0 unspecified atom stereocenters. The van der Waals surface area contributed by atoms with E-state index in [9.17, 15) is 0 Å². The minimum absolute atomic E-state index is 0.264. The van der Waals surface area contributed by atoms with Crippen LogP contribution in [0.1, 0.15) is 25.6 Å². The van der Waals surface area contributed by atoms with Crippen LogP contribution in [0.3, 0.4) is 0 Å². The van der Waals surface area contributed by atoms with Gasteiger partial charge in [0.25, 0.3) is 0 Å². The number of hydrogen-bond donors (Lipinski definition) is 1. The number of aliphatic hydroxyl groups excluding tert-OH is 1. The summed E-state index contributed by atoms with van der Waals surface area (Å²) in [4.78, 5) is 4.13. The molecule has 1 aromatic rings. The first kappa shape index (κ1) is 9.19. The molecule has 0 atom stereocenters. The summed E-state index contributed by atoms with van der Waals surface area (Å²) in [6, 6.07) is 0. The van der Waals surface area contributed by atoms with Crippen molar-refractivity contribution in [2.24, 2.45) is 0 Å². The summed E-state index contributed by atoms with van der Waals surface area (Å²) in [5.41, 5.74) is 0. The van der Waals surface area contributed by atoms with Gasteiger partial charge in [0.2, 0.25) is 0 Å². The van der Waals surface area contributed by atoms with Crippen LogP contribution in [-0.4, -0.2) is 26.5 Å². The minimum atomic E-state index is 0.264. The highest BCUT2D eigenvalue weighted by Gasteiger charge is 2.00. The van der Waals surface area contributed by atoms with Gasteiger partial charge in [-0.05, 0) is 19.8 Å². The number of rotatable bonds is 5. The first-order valence-corrected chi connectivity index (χ1v) is 4.36. The summed E-state index contributed by atoms with van der Waals surface area (Å²) < 4.78 is 1.89. The number of unbranched alkanes of at least 4 members (excludes halogenated alkanes) is 1. The molecule has 4 nitrogen and oxygen atoms in total. The predicted octanol–water partition coefficient (Wildman–Crippen LogP) is 0.613. The molecule has 0 aliphatic heterocycles. The van der Waals surface area contributed by atoms with E-state index >= 15 is 0 Å². The first-order valence-electron chi connectivity index (χ1n) is 4.36. The van der Waals surface area contributed by atoms with E-state index in [2.05, 4.69) is 10.1 Å². The van der Waals surface area contributed by atoms with Crippen LogP contribution in [0.2, 0.25) is 0 Å². The van der Waals surface area contributed by atoms with Gasteiger partial charge in [-0.3, -0.25) is 4.68 Å². The van der Waals surface area contributed by atoms with E-state index in [0.29, 0.717) is 0 Å². The van der Waals surface area contributed by atoms with Gasteiger partial charge >= 0.3 is 0 Å². The van der Waals surface area contributed by atoms with Gasteiger partial charge in [0.05, 0.1) is 0 Å². The van der Waals surface area contributed by atoms with Crippen molar-refractivity contribution in [3.8, 4) is 0 Å². The quantitative estimate of drug-likeness (QED) is 0.657. The van der Waals surface area contributed by atoms with Crippen molar-refractivity contribution in [1.29, 1.82) is 0 Å². The van der Waals surface area contributed by atoms with Gasteiger partial charge < -0.3 is 5.11 Å². The predicted molar refractivity (Wildman–Crippen MR) is 45.7 cm³/mol. The third kappa shape index (κ3) is 2.30. The summed E-state index contributed by atoms with van der Waals surface area (Å²) in [6.07, 6.45) is 4.32. The fourth-order valence-corrected chi connectivity index (χ4v) is 1.14. The van der Waals surface area contributed by atoms with E-state index < -0.39 is 0 Å². The number of aromatic nitrogens is 3. The van der Waals surface area contributed by atoms with E-state index in [-0.39, 0.29) is 6.61 Å². The van der Waals surface area contributed by atoms with Crippen molar-refractivity contribution < 1.29 is 5.11 Å². The second-order valence-electron chi connectivity index (χ2n) is 2.67. The fourth-order valence-electron chi connectivity index (χ4n) is 1.14. The third-order valence-electron chi connectivity index (χ3n) is 1.80. The lowest BCUT2D eigenvalue weighted by atomic mass is 10.2. The highest BCUT2D eigenvalue weighted by atomic mass is 16.2. The number of aryl methyl sites for hydroxylation is 2. The van der Waals surface area contributed by atoms with Crippen LogP contribution in [-0.2, 0) is 13.0 Å². The van der Waals surface area contributed by atoms with E-state index in [1.165, 1.54) is 0 Å². The van der Waals surface area contributed by atoms with Crippen LogP contribution in [0.15, 0.2) is 6.33 Å².